The number of aryl methyl sites for hydroxylation is 2. The van der Waals surface area contributed by atoms with Gasteiger partial charge in [0.2, 0.25) is 0 Å². The van der Waals surface area contributed by atoms with Crippen molar-refractivity contribution in [2.75, 3.05) is 0 Å². The van der Waals surface area contributed by atoms with E-state index in [0.29, 0.717) is 0 Å². The Hall–Kier alpha value is -1.05. The quantitative estimate of drug-likeness (QED) is 0.418. The second-order valence-electron chi connectivity index (χ2n) is 6.82. The summed E-state index contributed by atoms with van der Waals surface area (Å²) in [5, 5.41) is 0. The Labute approximate surface area is 164 Å². The van der Waals surface area contributed by atoms with Crippen molar-refractivity contribution in [3.05, 3.63) is 82.4 Å². The van der Waals surface area contributed by atoms with Crippen molar-refractivity contribution >= 4 is 27.7 Å². The zero-order chi connectivity index (χ0) is 18.7. The van der Waals surface area contributed by atoms with E-state index < -0.39 is 0 Å². The van der Waals surface area contributed by atoms with Crippen LogP contribution >= 0.6 is 27.7 Å². The molecule has 0 saturated heterocycles. The molecule has 0 aliphatic carbocycles. The summed E-state index contributed by atoms with van der Waals surface area (Å²) >= 11 is 0. The van der Waals surface area contributed by atoms with Gasteiger partial charge in [0.15, 0.2) is 0 Å². The lowest BCUT2D eigenvalue weighted by Gasteiger charge is -2.13. The van der Waals surface area contributed by atoms with Gasteiger partial charge in [-0.2, -0.15) is 0 Å². The average Bonchev–Trinajstić information content (AvgIpc) is 2.66. The Balaban J connectivity index is 2.07. The molecule has 0 heterocycles. The highest BCUT2D eigenvalue weighted by molar-refractivity contribution is 7.16. The lowest BCUT2D eigenvalue weighted by molar-refractivity contribution is 1.28. The largest absolute Gasteiger partial charge is 0.133 e. The Morgan fingerprint density at radius 1 is 0.538 bits per heavy atom. The van der Waals surface area contributed by atoms with Gasteiger partial charge in [0, 0.05) is 0 Å². The smallest absolute Gasteiger partial charge is 0.0125 e. The second-order valence-corrected chi connectivity index (χ2v) is 8.05. The van der Waals surface area contributed by atoms with Gasteiger partial charge in [-0.25, -0.2) is 0 Å². The molecule has 0 aliphatic heterocycles. The number of hydrogen-bond acceptors (Lipinski definition) is 0. The van der Waals surface area contributed by atoms with Crippen LogP contribution < -0.4 is 0 Å². The van der Waals surface area contributed by atoms with E-state index in [1.807, 2.05) is 0 Å². The van der Waals surface area contributed by atoms with E-state index in [4.69, 9.17) is 0 Å². The standard InChI is InChI=1S/C23H27P3/c1-15-7-21(17-3-5-19(12-24)16(2)9-17)11-22(8-15)18-4-6-20(13-25)23(10-18)14-26/h3-11H,12-14,24-26H2,1-2H3. The molecule has 26 heavy (non-hydrogen) atoms. The molecule has 0 aromatic heterocycles. The topological polar surface area (TPSA) is 0 Å². The fourth-order valence-electron chi connectivity index (χ4n) is 3.42. The molecule has 3 aromatic rings. The molecule has 3 heteroatoms. The van der Waals surface area contributed by atoms with E-state index >= 15 is 0 Å². The van der Waals surface area contributed by atoms with Crippen LogP contribution in [0.3, 0.4) is 0 Å². The van der Waals surface area contributed by atoms with Crippen LogP contribution in [0.25, 0.3) is 22.3 Å². The summed E-state index contributed by atoms with van der Waals surface area (Å²) in [6.07, 6.45) is 3.00. The minimum Gasteiger partial charge on any atom is -0.133 e. The van der Waals surface area contributed by atoms with Crippen LogP contribution in [-0.4, -0.2) is 0 Å². The maximum absolute atomic E-state index is 2.86. The van der Waals surface area contributed by atoms with Gasteiger partial charge in [0.1, 0.15) is 0 Å². The predicted octanol–water partition coefficient (Wildman–Crippen LogP) is 6.76. The Morgan fingerprint density at radius 2 is 1.08 bits per heavy atom. The van der Waals surface area contributed by atoms with Gasteiger partial charge in [-0.1, -0.05) is 48.5 Å². The molecule has 0 nitrogen and oxygen atoms in total. The molecule has 0 spiro atoms. The van der Waals surface area contributed by atoms with Crippen LogP contribution in [0.1, 0.15) is 27.8 Å². The molecule has 3 atom stereocenters. The molecule has 0 amide bonds. The van der Waals surface area contributed by atoms with Crippen molar-refractivity contribution < 1.29 is 0 Å². The van der Waals surface area contributed by atoms with Crippen LogP contribution in [0.4, 0.5) is 0 Å². The van der Waals surface area contributed by atoms with Crippen molar-refractivity contribution in [3.63, 3.8) is 0 Å². The van der Waals surface area contributed by atoms with Crippen molar-refractivity contribution in [2.24, 2.45) is 0 Å². The molecule has 0 radical (unpaired) electrons. The third-order valence-corrected chi connectivity index (χ3v) is 6.27. The van der Waals surface area contributed by atoms with Crippen molar-refractivity contribution in [1.29, 1.82) is 0 Å². The zero-order valence-corrected chi connectivity index (χ0v) is 19.0. The Kier molecular flexibility index (Phi) is 6.64. The monoisotopic (exact) mass is 396 g/mol. The fraction of sp³-hybridized carbons (Fsp3) is 0.217. The third kappa shape index (κ3) is 4.26. The third-order valence-electron chi connectivity index (χ3n) is 4.95. The molecule has 3 rings (SSSR count). The first-order chi connectivity index (χ1) is 12.5. The molecular formula is C23H27P3. The minimum absolute atomic E-state index is 0.992. The molecule has 0 bridgehead atoms. The molecule has 0 N–H and O–H groups in total. The van der Waals surface area contributed by atoms with Gasteiger partial charge in [-0.15, -0.1) is 27.7 Å². The van der Waals surface area contributed by atoms with E-state index in [1.54, 1.807) is 0 Å². The average molecular weight is 396 g/mol. The lowest BCUT2D eigenvalue weighted by Crippen LogP contribution is -1.91. The summed E-state index contributed by atoms with van der Waals surface area (Å²) in [6, 6.07) is 20.6. The van der Waals surface area contributed by atoms with Gasteiger partial charge >= 0.3 is 0 Å². The zero-order valence-electron chi connectivity index (χ0n) is 15.5. The highest BCUT2D eigenvalue weighted by Crippen LogP contribution is 2.31. The van der Waals surface area contributed by atoms with Gasteiger partial charge in [-0.3, -0.25) is 0 Å². The van der Waals surface area contributed by atoms with Crippen molar-refractivity contribution in [3.8, 4) is 22.3 Å². The summed E-state index contributed by atoms with van der Waals surface area (Å²) in [4.78, 5) is 0. The van der Waals surface area contributed by atoms with Crippen LogP contribution in [0.15, 0.2) is 54.6 Å². The van der Waals surface area contributed by atoms with Gasteiger partial charge in [0.25, 0.3) is 0 Å². The van der Waals surface area contributed by atoms with Crippen LogP contribution in [0.5, 0.6) is 0 Å². The molecule has 3 unspecified atom stereocenters. The molecule has 3 aromatic carbocycles. The minimum atomic E-state index is 0.992. The summed E-state index contributed by atoms with van der Waals surface area (Å²) in [6.45, 7) is 4.39. The number of hydrogen-bond donors (Lipinski definition) is 0. The lowest BCUT2D eigenvalue weighted by atomic mass is 9.93. The highest BCUT2D eigenvalue weighted by atomic mass is 31.0. The predicted molar refractivity (Wildman–Crippen MR) is 127 cm³/mol. The first-order valence-corrected chi connectivity index (χ1v) is 11.4. The maximum atomic E-state index is 2.86. The molecule has 0 saturated carbocycles. The second kappa shape index (κ2) is 8.76. The van der Waals surface area contributed by atoms with E-state index in [2.05, 4.69) is 96.2 Å². The van der Waals surface area contributed by atoms with E-state index in [0.717, 1.165) is 18.5 Å². The van der Waals surface area contributed by atoms with E-state index in [9.17, 15) is 0 Å². The van der Waals surface area contributed by atoms with Crippen molar-refractivity contribution in [2.45, 2.75) is 32.3 Å². The molecule has 134 valence electrons. The molecular weight excluding hydrogens is 369 g/mol. The highest BCUT2D eigenvalue weighted by Gasteiger charge is 2.08. The van der Waals surface area contributed by atoms with E-state index in [-0.39, 0.29) is 0 Å². The Bertz CT molecular complexity index is 929. The van der Waals surface area contributed by atoms with Gasteiger partial charge < -0.3 is 0 Å². The summed E-state index contributed by atoms with van der Waals surface area (Å²) in [5.74, 6) is 0. The first kappa shape index (κ1) is 19.7. The normalized spacial score (nSPS) is 11.0. The number of rotatable bonds is 5. The molecule has 0 aliphatic rings. The summed E-state index contributed by atoms with van der Waals surface area (Å²) in [5.41, 5.74) is 12.0. The fourth-order valence-corrected chi connectivity index (χ4v) is 4.65. The van der Waals surface area contributed by atoms with Crippen LogP contribution in [0, 0.1) is 13.8 Å². The maximum Gasteiger partial charge on any atom is -0.0125 e. The number of benzene rings is 3. The van der Waals surface area contributed by atoms with Crippen molar-refractivity contribution in [1.82, 2.24) is 0 Å². The SMILES string of the molecule is Cc1cc(-c2ccc(CP)c(C)c2)cc(-c2ccc(CP)c(CP)c2)c1. The van der Waals surface area contributed by atoms with Crippen LogP contribution in [0.2, 0.25) is 0 Å². The molecule has 0 fully saturated rings. The Morgan fingerprint density at radius 3 is 1.62 bits per heavy atom. The summed E-state index contributed by atoms with van der Waals surface area (Å²) in [7, 11) is 8.51. The van der Waals surface area contributed by atoms with Crippen LogP contribution in [-0.2, 0) is 18.5 Å². The first-order valence-electron chi connectivity index (χ1n) is 8.99. The van der Waals surface area contributed by atoms with Gasteiger partial charge in [0.05, 0.1) is 0 Å². The van der Waals surface area contributed by atoms with E-state index in [1.165, 1.54) is 50.1 Å². The van der Waals surface area contributed by atoms with Gasteiger partial charge in [-0.05, 0) is 88.5 Å². The summed E-state index contributed by atoms with van der Waals surface area (Å²) < 4.78 is 0.